The Kier molecular flexibility index (Phi) is 16.8. The Bertz CT molecular complexity index is 3030. The average molecular weight is 1090 g/mol. The highest BCUT2D eigenvalue weighted by Crippen LogP contribution is 2.46. The number of benzene rings is 2. The Labute approximate surface area is 438 Å². The van der Waals surface area contributed by atoms with Gasteiger partial charge in [-0.1, -0.05) is 27.7 Å². The number of ether oxygens (including phenoxy) is 1. The normalized spacial score (nSPS) is 23.7. The number of carbonyl (C=O) groups is 5. The number of fused-ring (bicyclic) bond motifs is 4. The van der Waals surface area contributed by atoms with Crippen molar-refractivity contribution in [1.29, 1.82) is 0 Å². The van der Waals surface area contributed by atoms with E-state index >= 15 is 0 Å². The number of sulfonamides is 2. The van der Waals surface area contributed by atoms with Crippen molar-refractivity contribution in [2.75, 3.05) is 45.7 Å². The lowest BCUT2D eigenvalue weighted by Crippen LogP contribution is -2.55. The lowest BCUT2D eigenvalue weighted by atomic mass is 9.91. The summed E-state index contributed by atoms with van der Waals surface area (Å²) in [5.41, 5.74) is 2.17. The predicted molar refractivity (Wildman–Crippen MR) is 280 cm³/mol. The largest absolute Gasteiger partial charge is 0.444 e. The summed E-state index contributed by atoms with van der Waals surface area (Å²) in [6, 6.07) is 4.87. The van der Waals surface area contributed by atoms with Gasteiger partial charge in [0.1, 0.15) is 35.4 Å². The number of likely N-dealkylation sites (N-methyl/N-ethyl adjacent to an activating group) is 1. The fraction of sp³-hybridized carbons (Fsp3) is 0.596. The summed E-state index contributed by atoms with van der Waals surface area (Å²) >= 11 is 0. The van der Waals surface area contributed by atoms with Crippen molar-refractivity contribution in [1.82, 2.24) is 43.9 Å². The number of carbonyl (C=O) groups excluding carboxylic acids is 5. The first-order valence-electron chi connectivity index (χ1n) is 25.7. The van der Waals surface area contributed by atoms with Crippen molar-refractivity contribution in [3.63, 3.8) is 0 Å². The van der Waals surface area contributed by atoms with Crippen LogP contribution < -0.4 is 10.6 Å². The van der Waals surface area contributed by atoms with Crippen LogP contribution in [0.4, 0.5) is 13.6 Å². The molecule has 4 aromatic rings. The molecule has 4 N–H and O–H groups in total. The Morgan fingerprint density at radius 2 is 1.12 bits per heavy atom. The van der Waals surface area contributed by atoms with Gasteiger partial charge in [0.25, 0.3) is 0 Å². The smallest absolute Gasteiger partial charge is 0.410 e. The summed E-state index contributed by atoms with van der Waals surface area (Å²) in [5, 5.41) is 7.26. The summed E-state index contributed by atoms with van der Waals surface area (Å²) in [6.45, 7) is 15.3. The third-order valence-corrected chi connectivity index (χ3v) is 18.0. The number of likely N-dealkylation sites (tertiary alicyclic amines) is 2. The predicted octanol–water partition coefficient (Wildman–Crippen LogP) is 5.36. The highest BCUT2D eigenvalue weighted by Gasteiger charge is 2.56. The molecule has 412 valence electrons. The molecule has 19 nitrogen and oxygen atoms in total. The number of aromatic amines is 2. The number of aromatic nitrogens is 2. The van der Waals surface area contributed by atoms with Gasteiger partial charge < -0.3 is 35.1 Å². The molecule has 0 spiro atoms. The van der Waals surface area contributed by atoms with Crippen molar-refractivity contribution in [2.45, 2.75) is 147 Å². The van der Waals surface area contributed by atoms with Gasteiger partial charge in [-0.05, 0) is 107 Å². The van der Waals surface area contributed by atoms with Crippen LogP contribution in [-0.4, -0.2) is 173 Å². The van der Waals surface area contributed by atoms with Crippen LogP contribution in [0.5, 0.6) is 0 Å². The van der Waals surface area contributed by atoms with Crippen molar-refractivity contribution in [3.8, 4) is 0 Å². The molecule has 10 atom stereocenters. The molecule has 0 unspecified atom stereocenters. The molecule has 4 saturated heterocycles. The van der Waals surface area contributed by atoms with E-state index in [0.29, 0.717) is 56.2 Å². The number of nitrogens with zero attached hydrogens (tertiary/aromatic N) is 5. The molecular weight excluding hydrogens is 1010 g/mol. The summed E-state index contributed by atoms with van der Waals surface area (Å²) in [7, 11) is -5.60. The third kappa shape index (κ3) is 11.8. The Balaban J connectivity index is 0.000000222. The number of hydrogen-bond donors (Lipinski definition) is 4. The van der Waals surface area contributed by atoms with E-state index in [2.05, 4.69) is 20.6 Å². The van der Waals surface area contributed by atoms with Crippen molar-refractivity contribution >= 4 is 71.6 Å². The monoisotopic (exact) mass is 1090 g/mol. The van der Waals surface area contributed by atoms with Crippen LogP contribution in [0.25, 0.3) is 21.8 Å². The molecule has 4 aliphatic rings. The molecule has 2 aromatic carbocycles. The highest BCUT2D eigenvalue weighted by atomic mass is 32.2. The van der Waals surface area contributed by atoms with Crippen molar-refractivity contribution in [2.24, 2.45) is 5.92 Å². The van der Waals surface area contributed by atoms with Gasteiger partial charge in [-0.2, -0.15) is 8.61 Å². The molecular formula is C52H73F2N9O10S2. The molecule has 4 aliphatic heterocycles. The number of H-pyrrole nitrogens is 2. The maximum absolute atomic E-state index is 13.9. The number of amides is 5. The SMILES string of the molecule is CC[C@@H](C)C(=O)N[C@@H](CC)C(=O)N1CC[C@@H]2[C@H]1[C@H](c1c[nH]c3cc(F)ccc13)CN2S(C)(=O)=O.CC[C@H](NC(=O)[C@H](C)N(C)C(=O)OC(C)(C)C)C(=O)N1CC[C@@H]2[C@H]1[C@H](c1c[nH]c3cc(F)ccc13)CN2S(C)(=O)=O. The first-order valence-corrected chi connectivity index (χ1v) is 29.4. The number of halogens is 2. The van der Waals surface area contributed by atoms with Gasteiger partial charge >= 0.3 is 6.09 Å². The molecule has 0 saturated carbocycles. The fourth-order valence-electron chi connectivity index (χ4n) is 11.3. The standard InChI is InChI=1S/C28H40FN5O6S.C24H33FN4O4S/c1-8-21(31-25(35)16(2)32(6)27(37)40-28(3,4)5)26(36)33-12-11-23-24(33)20(15-34(23)41(7,38)39)19-14-30-22-13-17(29)9-10-18(19)22;1-5-14(3)23(30)27-19(6-2)24(31)28-10-9-21-22(28)18(13-29(21)34(4,32)33)17-12-26-20-11-15(25)7-8-16(17)20/h9-10,13-14,16,20-21,23-24,30H,8,11-12,15H2,1-7H3,(H,31,35);7-8,11-12,14,18-19,21-22,26H,5-6,9-10,13H2,1-4H3,(H,27,30)/t16-,20-,21-,23+,24+;14-,18+,19+,21-,22-/m01/s1. The Hall–Kier alpha value is -5.65. The van der Waals surface area contributed by atoms with E-state index in [1.807, 2.05) is 20.8 Å². The molecule has 8 rings (SSSR count). The van der Waals surface area contributed by atoms with Gasteiger partial charge in [0.15, 0.2) is 0 Å². The van der Waals surface area contributed by atoms with Crippen molar-refractivity contribution in [3.05, 3.63) is 71.6 Å². The molecule has 0 bridgehead atoms. The van der Waals surface area contributed by atoms with Crippen molar-refractivity contribution < 1.29 is 54.3 Å². The number of hydrogen-bond acceptors (Lipinski definition) is 10. The second-order valence-electron chi connectivity index (χ2n) is 21.5. The summed E-state index contributed by atoms with van der Waals surface area (Å²) in [6.07, 6.45) is 7.67. The fourth-order valence-corrected chi connectivity index (χ4v) is 13.6. The van der Waals surface area contributed by atoms with Gasteiger partial charge in [-0.15, -0.1) is 0 Å². The molecule has 6 heterocycles. The van der Waals surface area contributed by atoms with E-state index in [1.54, 1.807) is 68.9 Å². The average Bonchev–Trinajstić information content (AvgIpc) is 4.21. The van der Waals surface area contributed by atoms with Gasteiger partial charge in [0.2, 0.25) is 43.7 Å². The molecule has 2 aromatic heterocycles. The summed E-state index contributed by atoms with van der Waals surface area (Å²) < 4.78 is 86.7. The van der Waals surface area contributed by atoms with Crippen LogP contribution in [-0.2, 0) is 44.0 Å². The summed E-state index contributed by atoms with van der Waals surface area (Å²) in [4.78, 5) is 76.4. The van der Waals surface area contributed by atoms with Gasteiger partial charge in [0, 0.05) is 97.3 Å². The first-order chi connectivity index (χ1) is 35.1. The summed E-state index contributed by atoms with van der Waals surface area (Å²) in [5.74, 6) is -2.72. The van der Waals surface area contributed by atoms with Crippen LogP contribution in [0.2, 0.25) is 0 Å². The topological polar surface area (TPSA) is 235 Å². The zero-order valence-corrected chi connectivity index (χ0v) is 46.3. The van der Waals surface area contributed by atoms with Crippen LogP contribution in [0.15, 0.2) is 48.8 Å². The van der Waals surface area contributed by atoms with Crippen LogP contribution in [0.1, 0.15) is 110 Å². The third-order valence-electron chi connectivity index (χ3n) is 15.5. The van der Waals surface area contributed by atoms with Gasteiger partial charge in [-0.3, -0.25) is 24.1 Å². The molecule has 5 amide bonds. The number of nitrogens with one attached hydrogen (secondary N) is 4. The Morgan fingerprint density at radius 1 is 0.707 bits per heavy atom. The molecule has 0 radical (unpaired) electrons. The van der Waals surface area contributed by atoms with E-state index in [0.717, 1.165) is 21.9 Å². The van der Waals surface area contributed by atoms with E-state index in [1.165, 1.54) is 57.3 Å². The minimum Gasteiger partial charge on any atom is -0.444 e. The lowest BCUT2D eigenvalue weighted by molar-refractivity contribution is -0.138. The molecule has 23 heteroatoms. The Morgan fingerprint density at radius 3 is 1.49 bits per heavy atom. The van der Waals surface area contributed by atoms with E-state index < -0.39 is 73.7 Å². The maximum atomic E-state index is 13.9. The van der Waals surface area contributed by atoms with Crippen LogP contribution >= 0.6 is 0 Å². The van der Waals surface area contributed by atoms with Gasteiger partial charge in [-0.25, -0.2) is 30.4 Å². The number of rotatable bonds is 14. The van der Waals surface area contributed by atoms with Crippen LogP contribution in [0, 0.1) is 17.6 Å². The molecule has 4 fully saturated rings. The lowest BCUT2D eigenvalue weighted by Gasteiger charge is -2.33. The maximum Gasteiger partial charge on any atom is 0.410 e. The molecule has 0 aliphatic carbocycles. The minimum atomic E-state index is -3.57. The quantitative estimate of drug-likeness (QED) is 0.126. The van der Waals surface area contributed by atoms with E-state index in [4.69, 9.17) is 4.74 Å². The second-order valence-corrected chi connectivity index (χ2v) is 25.4. The van der Waals surface area contributed by atoms with E-state index in [9.17, 15) is 49.6 Å². The molecule has 75 heavy (non-hydrogen) atoms. The zero-order chi connectivity index (χ0) is 55.2. The highest BCUT2D eigenvalue weighted by molar-refractivity contribution is 7.88. The first kappa shape index (κ1) is 57.1. The van der Waals surface area contributed by atoms with Crippen LogP contribution in [0.3, 0.4) is 0 Å². The second kappa shape index (κ2) is 22.1. The van der Waals surface area contributed by atoms with Gasteiger partial charge in [0.05, 0.1) is 24.6 Å². The zero-order valence-electron chi connectivity index (χ0n) is 44.6. The minimum absolute atomic E-state index is 0.155. The van der Waals surface area contributed by atoms with E-state index in [-0.39, 0.29) is 66.5 Å².